The van der Waals surface area contributed by atoms with E-state index in [1.807, 2.05) is 49.2 Å². The summed E-state index contributed by atoms with van der Waals surface area (Å²) in [6.45, 7) is 8.96. The molecular weight excluding hydrogens is 849 g/mol. The number of pyridine rings is 1. The van der Waals surface area contributed by atoms with Crippen molar-refractivity contribution in [3.8, 4) is 11.5 Å². The number of benzene rings is 2. The maximum atomic E-state index is 14.5. The van der Waals surface area contributed by atoms with Crippen molar-refractivity contribution in [2.75, 3.05) is 26.9 Å². The lowest BCUT2D eigenvalue weighted by Crippen LogP contribution is -2.69. The van der Waals surface area contributed by atoms with E-state index in [4.69, 9.17) is 24.2 Å². The number of oxime groups is 1. The lowest BCUT2D eigenvalue weighted by Gasteiger charge is -2.59. The summed E-state index contributed by atoms with van der Waals surface area (Å²) < 4.78 is 20.9. The zero-order valence-electron chi connectivity index (χ0n) is 40.1. The Balaban J connectivity index is 1.43. The van der Waals surface area contributed by atoms with Gasteiger partial charge in [-0.1, -0.05) is 94.5 Å². The molecular formula is C54H74N4O9. The van der Waals surface area contributed by atoms with Crippen molar-refractivity contribution in [2.45, 2.75) is 154 Å². The first-order valence-corrected chi connectivity index (χ1v) is 24.9. The van der Waals surface area contributed by atoms with Crippen LogP contribution < -0.4 is 9.47 Å². The number of carbonyl (C=O) groups is 1. The number of aliphatic hydroxyl groups excluding tert-OH is 2. The summed E-state index contributed by atoms with van der Waals surface area (Å²) in [7, 11) is 1.85. The Hall–Kier alpha value is -5.11. The van der Waals surface area contributed by atoms with Gasteiger partial charge in [-0.25, -0.2) is 0 Å². The predicted molar refractivity (Wildman–Crippen MR) is 261 cm³/mol. The fourth-order valence-electron chi connectivity index (χ4n) is 10.5. The van der Waals surface area contributed by atoms with E-state index in [9.17, 15) is 25.1 Å². The number of nitrogens with zero attached hydrogens (tertiary/aromatic N) is 4. The van der Waals surface area contributed by atoms with Crippen LogP contribution in [0.15, 0.2) is 90.1 Å². The first kappa shape index (κ1) is 51.3. The summed E-state index contributed by atoms with van der Waals surface area (Å²) in [4.78, 5) is 38.1. The van der Waals surface area contributed by atoms with E-state index in [1.165, 1.54) is 50.7 Å². The van der Waals surface area contributed by atoms with Gasteiger partial charge in [0, 0.05) is 62.4 Å². The van der Waals surface area contributed by atoms with E-state index >= 15 is 0 Å². The Labute approximate surface area is 397 Å². The van der Waals surface area contributed by atoms with Crippen LogP contribution in [0.25, 0.3) is 0 Å². The SMILES string of the molecule is C=CCOC12Oc3ccc(OCc4cccc(C)n4)cc3C3C(CCCCO)C(CCCCO)C=C(C(=NOCc4ccc([N+](=O)[O-])cc4)CC1N(C)C(=O)CCCCCCCCCCC)C32. The molecule has 6 rings (SSSR count). The van der Waals surface area contributed by atoms with E-state index in [0.29, 0.717) is 36.5 Å². The predicted octanol–water partition coefficient (Wildman–Crippen LogP) is 11.1. The third kappa shape index (κ3) is 13.3. The molecule has 2 N–H and O–H groups in total. The number of nitro groups is 1. The van der Waals surface area contributed by atoms with Gasteiger partial charge in [0.2, 0.25) is 11.7 Å². The zero-order chi connectivity index (χ0) is 47.6. The van der Waals surface area contributed by atoms with Crippen molar-refractivity contribution in [1.82, 2.24) is 9.88 Å². The van der Waals surface area contributed by atoms with Gasteiger partial charge in [0.15, 0.2) is 0 Å². The highest BCUT2D eigenvalue weighted by atomic mass is 16.7. The Morgan fingerprint density at radius 3 is 2.36 bits per heavy atom. The van der Waals surface area contributed by atoms with Crippen molar-refractivity contribution in [3.63, 3.8) is 0 Å². The molecule has 1 amide bonds. The first-order chi connectivity index (χ1) is 32.6. The van der Waals surface area contributed by atoms with Crippen LogP contribution in [0.5, 0.6) is 11.5 Å². The fourth-order valence-corrected chi connectivity index (χ4v) is 10.5. The molecule has 13 nitrogen and oxygen atoms in total. The molecule has 2 aromatic carbocycles. The normalized spacial score (nSPS) is 22.3. The van der Waals surface area contributed by atoms with E-state index in [-0.39, 0.29) is 68.8 Å². The Kier molecular flexibility index (Phi) is 19.8. The summed E-state index contributed by atoms with van der Waals surface area (Å²) >= 11 is 0. The lowest BCUT2D eigenvalue weighted by atomic mass is 9.55. The number of hydrogen-bond donors (Lipinski definition) is 2. The van der Waals surface area contributed by atoms with Crippen LogP contribution in [-0.4, -0.2) is 75.3 Å². The van der Waals surface area contributed by atoms with Crippen molar-refractivity contribution >= 4 is 17.3 Å². The topological polar surface area (TPSA) is 166 Å². The highest BCUT2D eigenvalue weighted by Crippen LogP contribution is 2.62. The molecule has 0 saturated heterocycles. The second-order valence-corrected chi connectivity index (χ2v) is 18.6. The number of aliphatic hydroxyl groups is 2. The van der Waals surface area contributed by atoms with Gasteiger partial charge in [0.05, 0.1) is 28.9 Å². The van der Waals surface area contributed by atoms with Crippen molar-refractivity contribution in [2.24, 2.45) is 22.9 Å². The Morgan fingerprint density at radius 2 is 1.67 bits per heavy atom. The number of ether oxygens (including phenoxy) is 3. The number of nitro benzene ring substituents is 1. The molecule has 13 heteroatoms. The second kappa shape index (κ2) is 25.9. The molecule has 3 aromatic rings. The van der Waals surface area contributed by atoms with Crippen LogP contribution in [0, 0.1) is 34.8 Å². The maximum absolute atomic E-state index is 14.5. The van der Waals surface area contributed by atoms with E-state index in [0.717, 1.165) is 73.0 Å². The number of fused-ring (bicyclic) bond motifs is 2. The van der Waals surface area contributed by atoms with Gasteiger partial charge < -0.3 is 34.2 Å². The number of unbranched alkanes of at least 4 members (excludes halogenated alkanes) is 10. The number of hydrogen-bond acceptors (Lipinski definition) is 11. The monoisotopic (exact) mass is 923 g/mol. The fraction of sp³-hybridized carbons (Fsp3) is 0.574. The van der Waals surface area contributed by atoms with Gasteiger partial charge in [0.1, 0.15) is 30.8 Å². The van der Waals surface area contributed by atoms with Crippen molar-refractivity contribution < 1.29 is 39.0 Å². The van der Waals surface area contributed by atoms with Crippen molar-refractivity contribution in [3.05, 3.63) is 118 Å². The third-order valence-electron chi connectivity index (χ3n) is 13.9. The molecule has 0 spiro atoms. The molecule has 1 aromatic heterocycles. The number of carbonyl (C=O) groups excluding carboxylic acids is 1. The van der Waals surface area contributed by atoms with Gasteiger partial charge in [-0.3, -0.25) is 19.9 Å². The number of likely N-dealkylation sites (N-methyl/N-ethyl adjacent to an activating group) is 1. The zero-order valence-corrected chi connectivity index (χ0v) is 40.1. The first-order valence-electron chi connectivity index (χ1n) is 24.9. The number of non-ortho nitro benzene ring substituents is 1. The van der Waals surface area contributed by atoms with Gasteiger partial charge in [-0.15, -0.1) is 6.58 Å². The smallest absolute Gasteiger partial charge is 0.269 e. The molecule has 364 valence electrons. The number of aryl methyl sites for hydroxylation is 1. The molecule has 1 fully saturated rings. The van der Waals surface area contributed by atoms with Crippen LogP contribution in [0.1, 0.15) is 145 Å². The number of amides is 1. The van der Waals surface area contributed by atoms with Gasteiger partial charge in [0.25, 0.3) is 5.69 Å². The standard InChI is InChI=1S/C54H74N4O9/c1-5-7-8-9-10-11-12-13-14-24-51(61)57(4)50-36-48(56-66-37-40-25-27-43(28-26-40)58(62)63)46-34-41(21-15-17-31-59)45(23-16-18-32-60)52-47-35-44(64-38-42-22-19-20-39(3)55-42)29-30-49(47)67-54(50,53(46)52)65-33-6-2/h6,19-20,22,25-30,34-35,41,45,50,52-53,59-60H,2,5,7-18,21,23-24,31-33,36-38H2,1,3-4H3. The molecule has 1 saturated carbocycles. The molecule has 6 atom stereocenters. The summed E-state index contributed by atoms with van der Waals surface area (Å²) in [5.74, 6) is -0.539. The summed E-state index contributed by atoms with van der Waals surface area (Å²) in [5, 5.41) is 36.2. The highest BCUT2D eigenvalue weighted by molar-refractivity contribution is 6.03. The van der Waals surface area contributed by atoms with E-state index in [2.05, 4.69) is 30.6 Å². The Morgan fingerprint density at radius 1 is 0.955 bits per heavy atom. The van der Waals surface area contributed by atoms with Gasteiger partial charge >= 0.3 is 0 Å². The highest BCUT2D eigenvalue weighted by Gasteiger charge is 2.65. The van der Waals surface area contributed by atoms with Crippen LogP contribution in [0.3, 0.4) is 0 Å². The number of aromatic nitrogens is 1. The summed E-state index contributed by atoms with van der Waals surface area (Å²) in [5.41, 5.74) is 5.04. The average Bonchev–Trinajstić information content (AvgIpc) is 3.33. The molecule has 67 heavy (non-hydrogen) atoms. The quantitative estimate of drug-likeness (QED) is 0.0296. The molecule has 3 aliphatic rings. The van der Waals surface area contributed by atoms with Crippen LogP contribution >= 0.6 is 0 Å². The molecule has 1 aliphatic heterocycles. The second-order valence-electron chi connectivity index (χ2n) is 18.6. The van der Waals surface area contributed by atoms with E-state index < -0.39 is 22.7 Å². The molecule has 0 radical (unpaired) electrons. The van der Waals surface area contributed by atoms with Gasteiger partial charge in [-0.2, -0.15) is 0 Å². The minimum Gasteiger partial charge on any atom is -0.487 e. The van der Waals surface area contributed by atoms with Crippen LogP contribution in [0.2, 0.25) is 0 Å². The van der Waals surface area contributed by atoms with Crippen LogP contribution in [0.4, 0.5) is 5.69 Å². The number of allylic oxidation sites excluding steroid dienone is 1. The Bertz CT molecular complexity index is 2130. The van der Waals surface area contributed by atoms with Crippen LogP contribution in [-0.2, 0) is 27.6 Å². The van der Waals surface area contributed by atoms with Crippen molar-refractivity contribution in [1.29, 1.82) is 0 Å². The molecule has 0 bridgehead atoms. The van der Waals surface area contributed by atoms with E-state index in [1.54, 1.807) is 18.2 Å². The summed E-state index contributed by atoms with van der Waals surface area (Å²) in [6, 6.07) is 17.5. The minimum absolute atomic E-state index is 0.00439. The molecule has 2 aliphatic carbocycles. The largest absolute Gasteiger partial charge is 0.487 e. The molecule has 6 unspecified atom stereocenters. The number of rotatable bonds is 29. The summed E-state index contributed by atoms with van der Waals surface area (Å²) in [6.07, 6.45) is 19.6. The lowest BCUT2D eigenvalue weighted by molar-refractivity contribution is -0.384. The molecule has 2 heterocycles. The minimum atomic E-state index is -1.35. The maximum Gasteiger partial charge on any atom is 0.269 e. The average molecular weight is 923 g/mol. The van der Waals surface area contributed by atoms with Gasteiger partial charge in [-0.05, 0) is 104 Å². The third-order valence-corrected chi connectivity index (χ3v) is 13.9.